The molecular weight excluding hydrogens is 294 g/mol. The molecule has 0 spiro atoms. The van der Waals surface area contributed by atoms with E-state index < -0.39 is 5.91 Å². The number of nitrogens with zero attached hydrogens (tertiary/aromatic N) is 3. The molecule has 2 N–H and O–H groups in total. The maximum atomic E-state index is 12.1. The van der Waals surface area contributed by atoms with Crippen molar-refractivity contribution in [1.29, 1.82) is 0 Å². The van der Waals surface area contributed by atoms with Crippen molar-refractivity contribution < 1.29 is 9.59 Å². The topological polar surface area (TPSA) is 79.3 Å². The van der Waals surface area contributed by atoms with Crippen LogP contribution < -0.4 is 10.9 Å². The summed E-state index contributed by atoms with van der Waals surface area (Å²) in [6, 6.07) is 0. The molecule has 0 aromatic carbocycles. The highest BCUT2D eigenvalue weighted by Gasteiger charge is 2.19. The fourth-order valence-corrected chi connectivity index (χ4v) is 2.76. The number of likely N-dealkylation sites (tertiary alicyclic amines) is 1. The lowest BCUT2D eigenvalue weighted by Crippen LogP contribution is -2.46. The van der Waals surface area contributed by atoms with Gasteiger partial charge in [0.05, 0.1) is 0 Å². The number of carbonyl (C=O) groups excluding carboxylic acids is 2. The van der Waals surface area contributed by atoms with Crippen LogP contribution in [0.1, 0.15) is 48.9 Å². The third kappa shape index (κ3) is 5.06. The summed E-state index contributed by atoms with van der Waals surface area (Å²) in [5, 5.41) is 0. The number of aryl methyl sites for hydroxylation is 2. The highest BCUT2D eigenvalue weighted by Crippen LogP contribution is 2.11. The molecule has 1 atom stereocenters. The lowest BCUT2D eigenvalue weighted by molar-refractivity contribution is -0.125. The van der Waals surface area contributed by atoms with E-state index in [4.69, 9.17) is 0 Å². The van der Waals surface area contributed by atoms with Crippen molar-refractivity contribution in [2.24, 2.45) is 13.0 Å². The Bertz CT molecular complexity index is 527. The quantitative estimate of drug-likeness (QED) is 0.811. The smallest absolute Gasteiger partial charge is 0.289 e. The average Bonchev–Trinajstić information content (AvgIpc) is 2.73. The van der Waals surface area contributed by atoms with Crippen molar-refractivity contribution in [2.45, 2.75) is 39.5 Å². The zero-order valence-electron chi connectivity index (χ0n) is 14.3. The van der Waals surface area contributed by atoms with Crippen LogP contribution in [-0.4, -0.2) is 45.9 Å². The molecule has 2 rings (SSSR count). The first-order valence-electron chi connectivity index (χ1n) is 8.30. The van der Waals surface area contributed by atoms with E-state index in [2.05, 4.69) is 20.7 Å². The van der Waals surface area contributed by atoms with Crippen molar-refractivity contribution in [3.8, 4) is 0 Å². The van der Waals surface area contributed by atoms with E-state index in [0.717, 1.165) is 25.5 Å². The summed E-state index contributed by atoms with van der Waals surface area (Å²) in [5.41, 5.74) is 5.23. The van der Waals surface area contributed by atoms with Crippen LogP contribution in [0.2, 0.25) is 0 Å². The number of aromatic nitrogens is 2. The van der Waals surface area contributed by atoms with E-state index >= 15 is 0 Å². The van der Waals surface area contributed by atoms with Gasteiger partial charge in [0.2, 0.25) is 5.91 Å². The molecule has 0 radical (unpaired) electrons. The summed E-state index contributed by atoms with van der Waals surface area (Å²) in [6.07, 6.45) is 6.58. The second-order valence-corrected chi connectivity index (χ2v) is 6.34. The average molecular weight is 321 g/mol. The first-order valence-corrected chi connectivity index (χ1v) is 8.30. The summed E-state index contributed by atoms with van der Waals surface area (Å²) in [4.78, 5) is 30.6. The Labute approximate surface area is 137 Å². The third-order valence-corrected chi connectivity index (χ3v) is 4.32. The number of hydrazine groups is 1. The second-order valence-electron chi connectivity index (χ2n) is 6.34. The van der Waals surface area contributed by atoms with Crippen molar-refractivity contribution in [1.82, 2.24) is 25.3 Å². The molecule has 1 aromatic heterocycles. The summed E-state index contributed by atoms with van der Waals surface area (Å²) < 4.78 is 1.76. The monoisotopic (exact) mass is 321 g/mol. The molecule has 0 aliphatic carbocycles. The number of carbonyl (C=O) groups is 2. The molecule has 0 saturated carbocycles. The molecule has 1 aromatic rings. The summed E-state index contributed by atoms with van der Waals surface area (Å²) in [7, 11) is 1.82. The number of imidazole rings is 1. The lowest BCUT2D eigenvalue weighted by Gasteiger charge is -2.23. The predicted octanol–water partition coefficient (Wildman–Crippen LogP) is 1.00. The standard InChI is InChI=1S/C16H27N5O2/c1-12(10-21-8-6-4-5-7-9-21)15(22)18-19-16(23)14-11-20(3)13(2)17-14/h11-12H,4-10H2,1-3H3,(H,18,22)(H,19,23). The van der Waals surface area contributed by atoms with Crippen LogP contribution in [0.5, 0.6) is 0 Å². The number of amides is 2. The molecule has 7 nitrogen and oxygen atoms in total. The zero-order chi connectivity index (χ0) is 16.8. The van der Waals surface area contributed by atoms with Gasteiger partial charge in [-0.2, -0.15) is 0 Å². The molecular formula is C16H27N5O2. The first kappa shape index (κ1) is 17.5. The van der Waals surface area contributed by atoms with Crippen LogP contribution in [-0.2, 0) is 11.8 Å². The van der Waals surface area contributed by atoms with E-state index in [1.165, 1.54) is 25.7 Å². The van der Waals surface area contributed by atoms with Gasteiger partial charge in [-0.3, -0.25) is 20.4 Å². The van der Waals surface area contributed by atoms with Crippen molar-refractivity contribution in [3.63, 3.8) is 0 Å². The maximum Gasteiger partial charge on any atom is 0.289 e. The lowest BCUT2D eigenvalue weighted by atomic mass is 10.1. The fourth-order valence-electron chi connectivity index (χ4n) is 2.76. The van der Waals surface area contributed by atoms with Crippen LogP contribution in [0.25, 0.3) is 0 Å². The number of hydrogen-bond donors (Lipinski definition) is 2. The van der Waals surface area contributed by atoms with Crippen LogP contribution in [0.3, 0.4) is 0 Å². The molecule has 0 bridgehead atoms. The molecule has 2 amide bonds. The second kappa shape index (κ2) is 8.10. The maximum absolute atomic E-state index is 12.1. The Morgan fingerprint density at radius 3 is 2.43 bits per heavy atom. The molecule has 2 heterocycles. The van der Waals surface area contributed by atoms with Gasteiger partial charge in [0.15, 0.2) is 0 Å². The molecule has 1 saturated heterocycles. The number of hydrogen-bond acceptors (Lipinski definition) is 4. The molecule has 1 fully saturated rings. The van der Waals surface area contributed by atoms with Gasteiger partial charge < -0.3 is 9.47 Å². The largest absolute Gasteiger partial charge is 0.337 e. The van der Waals surface area contributed by atoms with Crippen LogP contribution in [0, 0.1) is 12.8 Å². The molecule has 7 heteroatoms. The van der Waals surface area contributed by atoms with E-state index in [0.29, 0.717) is 5.69 Å². The normalized spacial score (nSPS) is 17.3. The SMILES string of the molecule is Cc1nc(C(=O)NNC(=O)C(C)CN2CCCCCC2)cn1C. The summed E-state index contributed by atoms with van der Waals surface area (Å²) >= 11 is 0. The van der Waals surface area contributed by atoms with Gasteiger partial charge >= 0.3 is 0 Å². The molecule has 128 valence electrons. The van der Waals surface area contributed by atoms with Gasteiger partial charge in [0, 0.05) is 25.7 Å². The Balaban J connectivity index is 1.77. The number of rotatable bonds is 4. The highest BCUT2D eigenvalue weighted by atomic mass is 16.2. The van der Waals surface area contributed by atoms with Gasteiger partial charge in [-0.1, -0.05) is 19.8 Å². The van der Waals surface area contributed by atoms with Crippen molar-refractivity contribution in [3.05, 3.63) is 17.7 Å². The molecule has 23 heavy (non-hydrogen) atoms. The summed E-state index contributed by atoms with van der Waals surface area (Å²) in [5.74, 6) is 0.00847. The van der Waals surface area contributed by atoms with E-state index in [1.807, 2.05) is 20.9 Å². The minimum atomic E-state index is -0.399. The molecule has 1 aliphatic rings. The molecule has 1 aliphatic heterocycles. The van der Waals surface area contributed by atoms with Gasteiger partial charge in [-0.05, 0) is 32.9 Å². The van der Waals surface area contributed by atoms with Crippen LogP contribution in [0.15, 0.2) is 6.20 Å². The Kier molecular flexibility index (Phi) is 6.15. The minimum absolute atomic E-state index is 0.168. The van der Waals surface area contributed by atoms with Crippen molar-refractivity contribution in [2.75, 3.05) is 19.6 Å². The van der Waals surface area contributed by atoms with E-state index in [1.54, 1.807) is 10.8 Å². The Morgan fingerprint density at radius 1 is 1.22 bits per heavy atom. The van der Waals surface area contributed by atoms with E-state index in [9.17, 15) is 9.59 Å². The Hall–Kier alpha value is -1.89. The predicted molar refractivity (Wildman–Crippen MR) is 87.6 cm³/mol. The minimum Gasteiger partial charge on any atom is -0.337 e. The Morgan fingerprint density at radius 2 is 1.87 bits per heavy atom. The van der Waals surface area contributed by atoms with Crippen LogP contribution >= 0.6 is 0 Å². The summed E-state index contributed by atoms with van der Waals surface area (Å²) in [6.45, 7) is 6.54. The molecule has 1 unspecified atom stereocenters. The van der Waals surface area contributed by atoms with Gasteiger partial charge in [-0.25, -0.2) is 4.98 Å². The van der Waals surface area contributed by atoms with E-state index in [-0.39, 0.29) is 11.8 Å². The third-order valence-electron chi connectivity index (χ3n) is 4.32. The van der Waals surface area contributed by atoms with Gasteiger partial charge in [-0.15, -0.1) is 0 Å². The van der Waals surface area contributed by atoms with Gasteiger partial charge in [0.1, 0.15) is 11.5 Å². The highest BCUT2D eigenvalue weighted by molar-refractivity contribution is 5.93. The van der Waals surface area contributed by atoms with Gasteiger partial charge in [0.25, 0.3) is 5.91 Å². The van der Waals surface area contributed by atoms with Crippen LogP contribution in [0.4, 0.5) is 0 Å². The number of nitrogens with one attached hydrogen (secondary N) is 2. The zero-order valence-corrected chi connectivity index (χ0v) is 14.3. The fraction of sp³-hybridized carbons (Fsp3) is 0.688. The first-order chi connectivity index (χ1) is 11.0. The van der Waals surface area contributed by atoms with Crippen molar-refractivity contribution >= 4 is 11.8 Å².